The van der Waals surface area contributed by atoms with Gasteiger partial charge in [-0.25, -0.2) is 30.9 Å². The van der Waals surface area contributed by atoms with E-state index < -0.39 is 64.7 Å². The molecule has 0 aliphatic heterocycles. The first-order valence-electron chi connectivity index (χ1n) is 6.10. The van der Waals surface area contributed by atoms with E-state index in [1.54, 1.807) is 0 Å². The lowest BCUT2D eigenvalue weighted by Crippen LogP contribution is -2.30. The summed E-state index contributed by atoms with van der Waals surface area (Å²) in [5.74, 6) is -12.7. The summed E-state index contributed by atoms with van der Waals surface area (Å²) < 4.78 is 142. The van der Waals surface area contributed by atoms with Gasteiger partial charge in [0, 0.05) is 0 Å². The second-order valence-corrected chi connectivity index (χ2v) is 5.20. The van der Waals surface area contributed by atoms with Crippen LogP contribution in [0.4, 0.5) is 52.7 Å². The van der Waals surface area contributed by atoms with Crippen molar-refractivity contribution in [2.24, 2.45) is 0 Å². The summed E-state index contributed by atoms with van der Waals surface area (Å²) in [6.07, 6.45) is -11.3. The summed E-state index contributed by atoms with van der Waals surface area (Å²) in [5.41, 5.74) is 0. The fraction of sp³-hybridized carbons (Fsp3) is 1.00. The number of aliphatic hydroxyl groups is 3. The van der Waals surface area contributed by atoms with E-state index >= 15 is 0 Å². The minimum Gasteiger partial charge on any atom is -0.390 e. The van der Waals surface area contributed by atoms with Gasteiger partial charge in [0.2, 0.25) is 0 Å². The first-order chi connectivity index (χ1) is 12.5. The Kier molecular flexibility index (Phi) is 18.4. The Morgan fingerprint density at radius 2 is 0.655 bits per heavy atom. The van der Waals surface area contributed by atoms with Crippen LogP contribution in [0.25, 0.3) is 0 Å². The molecule has 6 N–H and O–H groups in total. The normalized spacial score (nSPS) is 12.6. The molecule has 0 radical (unpaired) electrons. The summed E-state index contributed by atoms with van der Waals surface area (Å²) in [4.78, 5) is 21.6. The predicted octanol–water partition coefficient (Wildman–Crippen LogP) is 1.71. The van der Waals surface area contributed by atoms with Gasteiger partial charge in [0.05, 0.1) is 0 Å². The van der Waals surface area contributed by atoms with Crippen molar-refractivity contribution in [3.63, 3.8) is 0 Å². The molecule has 0 heterocycles. The van der Waals surface area contributed by atoms with Crippen molar-refractivity contribution >= 4 is 7.82 Å². The molecule has 0 atom stereocenters. The van der Waals surface area contributed by atoms with Gasteiger partial charge in [0.1, 0.15) is 19.8 Å². The van der Waals surface area contributed by atoms with E-state index in [9.17, 15) is 52.7 Å². The van der Waals surface area contributed by atoms with Crippen LogP contribution in [0.1, 0.15) is 0 Å². The average Bonchev–Trinajstić information content (AvgIpc) is 2.54. The predicted molar refractivity (Wildman–Crippen MR) is 68.4 cm³/mol. The number of rotatable bonds is 6. The van der Waals surface area contributed by atoms with Crippen molar-refractivity contribution in [1.29, 1.82) is 0 Å². The molecule has 29 heavy (non-hydrogen) atoms. The highest BCUT2D eigenvalue weighted by Gasteiger charge is 2.40. The van der Waals surface area contributed by atoms with Gasteiger partial charge in [-0.1, -0.05) is 0 Å². The van der Waals surface area contributed by atoms with E-state index in [1.807, 2.05) is 0 Å². The van der Waals surface area contributed by atoms with Gasteiger partial charge in [0.25, 0.3) is 0 Å². The zero-order valence-electron chi connectivity index (χ0n) is 13.4. The second kappa shape index (κ2) is 15.0. The van der Waals surface area contributed by atoms with Crippen molar-refractivity contribution in [1.82, 2.24) is 0 Å². The molecule has 0 unspecified atom stereocenters. The van der Waals surface area contributed by atoms with Gasteiger partial charge in [-0.05, 0) is 0 Å². The van der Waals surface area contributed by atoms with Gasteiger partial charge < -0.3 is 30.0 Å². The van der Waals surface area contributed by atoms with Crippen molar-refractivity contribution in [3.05, 3.63) is 0 Å². The monoisotopic (exact) mass is 494 g/mol. The van der Waals surface area contributed by atoms with Crippen LogP contribution in [0.5, 0.6) is 0 Å². The molecule has 0 fully saturated rings. The van der Waals surface area contributed by atoms with Crippen LogP contribution in [0, 0.1) is 0 Å². The zero-order valence-corrected chi connectivity index (χ0v) is 14.3. The maximum atomic E-state index is 11.3. The fourth-order valence-electron chi connectivity index (χ4n) is 0.207. The Morgan fingerprint density at radius 3 is 0.655 bits per heavy atom. The molecule has 0 aromatic carbocycles. The lowest BCUT2D eigenvalue weighted by Gasteiger charge is -2.09. The van der Waals surface area contributed by atoms with Gasteiger partial charge in [-0.3, -0.25) is 0 Å². The Hall–Kier alpha value is -0.850. The largest absolute Gasteiger partial charge is 0.466 e. The van der Waals surface area contributed by atoms with E-state index in [4.69, 9.17) is 34.6 Å². The van der Waals surface area contributed by atoms with E-state index in [0.29, 0.717) is 0 Å². The lowest BCUT2D eigenvalue weighted by atomic mass is 10.4. The molecule has 0 aromatic rings. The molecular weight excluding hydrogens is 479 g/mol. The minimum absolute atomic E-state index is 1.80. The molecule has 0 saturated carbocycles. The lowest BCUT2D eigenvalue weighted by molar-refractivity contribution is -0.153. The minimum atomic E-state index is -4.64. The summed E-state index contributed by atoms with van der Waals surface area (Å²) >= 11 is 0. The van der Waals surface area contributed by atoms with Crippen molar-refractivity contribution in [2.45, 2.75) is 37.0 Å². The van der Waals surface area contributed by atoms with Gasteiger partial charge in [0.15, 0.2) is 0 Å². The van der Waals surface area contributed by atoms with Crippen LogP contribution in [0.3, 0.4) is 0 Å². The van der Waals surface area contributed by atoms with E-state index in [1.165, 1.54) is 0 Å². The highest BCUT2D eigenvalue weighted by molar-refractivity contribution is 7.45. The number of aliphatic hydroxyl groups excluding tert-OH is 3. The number of halogens is 12. The van der Waals surface area contributed by atoms with Crippen LogP contribution in [-0.2, 0) is 4.57 Å². The number of phosphoric acid groups is 1. The second-order valence-electron chi connectivity index (χ2n) is 4.17. The van der Waals surface area contributed by atoms with E-state index in [-0.39, 0.29) is 0 Å². The third-order valence-electron chi connectivity index (χ3n) is 1.59. The molecule has 0 aromatic heterocycles. The first kappa shape index (κ1) is 35.6. The molecule has 0 spiro atoms. The van der Waals surface area contributed by atoms with Crippen LogP contribution >= 0.6 is 7.82 Å². The Labute approximate surface area is 153 Å². The molecule has 7 nitrogen and oxygen atoms in total. The van der Waals surface area contributed by atoms with Crippen LogP contribution in [0.15, 0.2) is 0 Å². The van der Waals surface area contributed by atoms with Gasteiger partial charge in [-0.15, -0.1) is 0 Å². The highest BCUT2D eigenvalue weighted by atomic mass is 31.2. The van der Waals surface area contributed by atoms with E-state index in [2.05, 4.69) is 0 Å². The average molecular weight is 494 g/mol. The van der Waals surface area contributed by atoms with Gasteiger partial charge in [-0.2, -0.15) is 26.3 Å². The SMILES string of the molecule is O=P(O)(O)O.OCC(F)(F)C(F)F.OCC(F)(F)C(F)F.OCC(F)(F)C(F)F. The van der Waals surface area contributed by atoms with Crippen molar-refractivity contribution < 1.29 is 87.2 Å². The Balaban J connectivity index is -0.000000146. The maximum Gasteiger partial charge on any atom is 0.466 e. The maximum absolute atomic E-state index is 11.3. The third kappa shape index (κ3) is 25.1. The Bertz CT molecular complexity index is 390. The summed E-state index contributed by atoms with van der Waals surface area (Å²) in [6, 6.07) is 0. The quantitative estimate of drug-likeness (QED) is 0.244. The molecule has 20 heteroatoms. The van der Waals surface area contributed by atoms with Crippen LogP contribution < -0.4 is 0 Å². The number of hydrogen-bond acceptors (Lipinski definition) is 4. The molecule has 0 aliphatic rings. The van der Waals surface area contributed by atoms with Crippen molar-refractivity contribution in [2.75, 3.05) is 19.8 Å². The van der Waals surface area contributed by atoms with Crippen molar-refractivity contribution in [3.8, 4) is 0 Å². The van der Waals surface area contributed by atoms with Crippen LogP contribution in [-0.4, -0.2) is 86.9 Å². The molecule has 182 valence electrons. The summed E-state index contributed by atoms with van der Waals surface area (Å²) in [7, 11) is -4.64. The molecule has 0 saturated heterocycles. The zero-order chi connectivity index (χ0) is 24.9. The van der Waals surface area contributed by atoms with Crippen LogP contribution in [0.2, 0.25) is 0 Å². The fourth-order valence-corrected chi connectivity index (χ4v) is 0.207. The smallest absolute Gasteiger partial charge is 0.390 e. The summed E-state index contributed by atoms with van der Waals surface area (Å²) in [5, 5.41) is 22.6. The molecule has 0 rings (SSSR count). The summed E-state index contributed by atoms with van der Waals surface area (Å²) in [6.45, 7) is -5.40. The molecule has 0 amide bonds. The Morgan fingerprint density at radius 1 is 0.552 bits per heavy atom. The first-order valence-corrected chi connectivity index (χ1v) is 7.67. The molecule has 0 bridgehead atoms. The van der Waals surface area contributed by atoms with Gasteiger partial charge >= 0.3 is 44.9 Å². The standard InChI is InChI=1S/3C3H4F4O.H3O4P/c3*4-2(5)3(6,7)1-8;1-5(2,3)4/h3*2,8H,1H2;(H3,1,2,3,4). The number of alkyl halides is 12. The van der Waals surface area contributed by atoms with E-state index in [0.717, 1.165) is 0 Å². The highest BCUT2D eigenvalue weighted by Crippen LogP contribution is 2.26. The number of hydrogen-bond donors (Lipinski definition) is 6. The molecule has 0 aliphatic carbocycles. The third-order valence-corrected chi connectivity index (χ3v) is 1.59. The molecular formula is C9H15F12O7P. The topological polar surface area (TPSA) is 138 Å².